The average molecular weight is 562 g/mol. The number of benzene rings is 1. The standard InChI is InChI=1S/C21H19Cl2F2N5O7/c1-7(37-21(18(32)33,19(34)35)5-8-2-3-9(22)4-10(8)24)14-13(31)11(25)17(36-14)30-6-27-12-15(26)28-20(23)29-16(12)30/h2-4,6-7,11,13-14,17,31H,5H2,1H3,(H,32,33)(H,34,35)(H2,26,28,29)/t7-,11+,13+,14-,17-/m1/s1. The number of nitrogens with two attached hydrogens (primary N) is 1. The maximum atomic E-state index is 15.2. The fourth-order valence-corrected chi connectivity index (χ4v) is 4.40. The Morgan fingerprint density at radius 2 is 1.97 bits per heavy atom. The van der Waals surface area contributed by atoms with Crippen LogP contribution in [-0.4, -0.2) is 76.9 Å². The summed E-state index contributed by atoms with van der Waals surface area (Å²) in [6.07, 6.45) is -8.43. The molecule has 5 N–H and O–H groups in total. The Bertz CT molecular complexity index is 1360. The summed E-state index contributed by atoms with van der Waals surface area (Å²) >= 11 is 11.5. The lowest BCUT2D eigenvalue weighted by molar-refractivity contribution is -0.202. The van der Waals surface area contributed by atoms with Crippen LogP contribution in [0.25, 0.3) is 11.2 Å². The van der Waals surface area contributed by atoms with Crippen LogP contribution in [0, 0.1) is 5.82 Å². The van der Waals surface area contributed by atoms with Crippen molar-refractivity contribution in [2.45, 2.75) is 49.7 Å². The average Bonchev–Trinajstić information content (AvgIpc) is 3.35. The molecule has 4 rings (SSSR count). The van der Waals surface area contributed by atoms with Gasteiger partial charge in [0.25, 0.3) is 5.60 Å². The van der Waals surface area contributed by atoms with Gasteiger partial charge in [0.15, 0.2) is 23.9 Å². The van der Waals surface area contributed by atoms with Crippen LogP contribution in [0.5, 0.6) is 0 Å². The van der Waals surface area contributed by atoms with E-state index in [0.29, 0.717) is 0 Å². The first-order chi connectivity index (χ1) is 17.4. The number of alkyl halides is 1. The molecule has 16 heteroatoms. The van der Waals surface area contributed by atoms with E-state index in [1.54, 1.807) is 0 Å². The number of carbonyl (C=O) groups is 2. The summed E-state index contributed by atoms with van der Waals surface area (Å²) in [6, 6.07) is 3.25. The van der Waals surface area contributed by atoms with E-state index in [9.17, 15) is 29.3 Å². The molecule has 1 fully saturated rings. The molecule has 0 amide bonds. The second kappa shape index (κ2) is 9.95. The highest BCUT2D eigenvalue weighted by molar-refractivity contribution is 6.30. The van der Waals surface area contributed by atoms with Crippen LogP contribution >= 0.6 is 23.2 Å². The molecule has 37 heavy (non-hydrogen) atoms. The number of nitrogens with zero attached hydrogens (tertiary/aromatic N) is 4. The van der Waals surface area contributed by atoms with E-state index in [1.807, 2.05) is 0 Å². The Morgan fingerprint density at radius 3 is 2.59 bits per heavy atom. The lowest BCUT2D eigenvalue weighted by Crippen LogP contribution is -2.55. The Morgan fingerprint density at radius 1 is 1.30 bits per heavy atom. The fourth-order valence-electron chi connectivity index (χ4n) is 4.07. The zero-order chi connectivity index (χ0) is 27.2. The summed E-state index contributed by atoms with van der Waals surface area (Å²) in [4.78, 5) is 35.9. The van der Waals surface area contributed by atoms with Gasteiger partial charge in [-0.05, 0) is 36.2 Å². The summed E-state index contributed by atoms with van der Waals surface area (Å²) in [5.74, 6) is -4.95. The number of halogens is 4. The zero-order valence-electron chi connectivity index (χ0n) is 18.8. The van der Waals surface area contributed by atoms with E-state index < -0.39 is 60.5 Å². The lowest BCUT2D eigenvalue weighted by Gasteiger charge is -2.32. The zero-order valence-corrected chi connectivity index (χ0v) is 20.3. The number of hydrogen-bond acceptors (Lipinski definition) is 9. The predicted octanol–water partition coefficient (Wildman–Crippen LogP) is 2.01. The topological polar surface area (TPSA) is 183 Å². The van der Waals surface area contributed by atoms with Gasteiger partial charge in [0, 0.05) is 11.4 Å². The number of aliphatic hydroxyl groups is 1. The van der Waals surface area contributed by atoms with Gasteiger partial charge in [0.05, 0.1) is 12.4 Å². The Labute approximate surface area is 216 Å². The van der Waals surface area contributed by atoms with Crippen LogP contribution in [0.3, 0.4) is 0 Å². The summed E-state index contributed by atoms with van der Waals surface area (Å²) in [7, 11) is 0. The van der Waals surface area contributed by atoms with Gasteiger partial charge in [0.1, 0.15) is 23.5 Å². The fraction of sp³-hybridized carbons (Fsp3) is 0.381. The minimum Gasteiger partial charge on any atom is -0.479 e. The summed E-state index contributed by atoms with van der Waals surface area (Å²) in [5, 5.41) is 29.9. The third kappa shape index (κ3) is 4.78. The first kappa shape index (κ1) is 26.9. The molecule has 0 aliphatic carbocycles. The van der Waals surface area contributed by atoms with Crippen LogP contribution in [-0.2, 0) is 25.5 Å². The number of fused-ring (bicyclic) bond motifs is 1. The second-order valence-corrected chi connectivity index (χ2v) is 9.08. The molecule has 12 nitrogen and oxygen atoms in total. The van der Waals surface area contributed by atoms with Crippen molar-refractivity contribution in [3.63, 3.8) is 0 Å². The first-order valence-corrected chi connectivity index (χ1v) is 11.3. The third-order valence-corrected chi connectivity index (χ3v) is 6.33. The molecule has 0 bridgehead atoms. The van der Waals surface area contributed by atoms with Crippen molar-refractivity contribution in [3.8, 4) is 0 Å². The van der Waals surface area contributed by atoms with Gasteiger partial charge >= 0.3 is 11.9 Å². The molecule has 0 radical (unpaired) electrons. The number of hydrogen-bond donors (Lipinski definition) is 4. The van der Waals surface area contributed by atoms with E-state index in [1.165, 1.54) is 13.0 Å². The van der Waals surface area contributed by atoms with Gasteiger partial charge in [-0.2, -0.15) is 9.97 Å². The van der Waals surface area contributed by atoms with Gasteiger partial charge in [-0.3, -0.25) is 4.57 Å². The Balaban J connectivity index is 1.63. The molecule has 0 spiro atoms. The monoisotopic (exact) mass is 561 g/mol. The highest BCUT2D eigenvalue weighted by atomic mass is 35.5. The number of carboxylic acids is 2. The Hall–Kier alpha value is -3.17. The van der Waals surface area contributed by atoms with E-state index in [-0.39, 0.29) is 32.9 Å². The van der Waals surface area contributed by atoms with Crippen molar-refractivity contribution in [2.75, 3.05) is 5.73 Å². The highest BCUT2D eigenvalue weighted by Gasteiger charge is 2.54. The van der Waals surface area contributed by atoms with Gasteiger partial charge < -0.3 is 30.5 Å². The van der Waals surface area contributed by atoms with Crippen molar-refractivity contribution >= 4 is 52.1 Å². The molecule has 1 saturated heterocycles. The SMILES string of the molecule is C[C@@H](OC(Cc1ccc(Cl)cc1F)(C(=O)O)C(=O)O)[C@H]1O[C@@H](n2cnc3c(N)nc(Cl)nc32)[C@@H](F)[C@@H]1O. The highest BCUT2D eigenvalue weighted by Crippen LogP contribution is 2.37. The summed E-state index contributed by atoms with van der Waals surface area (Å²) in [6.45, 7) is 1.19. The van der Waals surface area contributed by atoms with Crippen LogP contribution in [0.2, 0.25) is 10.3 Å². The van der Waals surface area contributed by atoms with Crippen molar-refractivity contribution in [3.05, 3.63) is 46.2 Å². The Kier molecular flexibility index (Phi) is 7.23. The summed E-state index contributed by atoms with van der Waals surface area (Å²) in [5.41, 5.74) is 2.51. The minimum atomic E-state index is -3.02. The van der Waals surface area contributed by atoms with Crippen LogP contribution in [0.1, 0.15) is 18.7 Å². The maximum Gasteiger partial charge on any atom is 0.348 e. The van der Waals surface area contributed by atoms with Gasteiger partial charge in [0.2, 0.25) is 5.28 Å². The molecule has 2 aromatic heterocycles. The molecular weight excluding hydrogens is 543 g/mol. The number of rotatable bonds is 8. The number of anilines is 1. The van der Waals surface area contributed by atoms with Gasteiger partial charge in [-0.25, -0.2) is 23.4 Å². The van der Waals surface area contributed by atoms with E-state index in [2.05, 4.69) is 15.0 Å². The number of nitrogen functional groups attached to an aromatic ring is 1. The van der Waals surface area contributed by atoms with Crippen LogP contribution in [0.4, 0.5) is 14.6 Å². The maximum absolute atomic E-state index is 15.2. The van der Waals surface area contributed by atoms with Crippen molar-refractivity contribution < 1.29 is 43.2 Å². The van der Waals surface area contributed by atoms with Crippen molar-refractivity contribution in [1.29, 1.82) is 0 Å². The number of ether oxygens (including phenoxy) is 2. The van der Waals surface area contributed by atoms with Gasteiger partial charge in [-0.1, -0.05) is 17.7 Å². The minimum absolute atomic E-state index is 0.00444. The number of aromatic nitrogens is 4. The molecule has 1 aromatic carbocycles. The molecule has 3 aromatic rings. The molecule has 3 heterocycles. The number of aliphatic carboxylic acids is 2. The molecule has 1 aliphatic rings. The third-order valence-electron chi connectivity index (χ3n) is 5.92. The first-order valence-electron chi connectivity index (χ1n) is 10.6. The summed E-state index contributed by atoms with van der Waals surface area (Å²) < 4.78 is 41.7. The van der Waals surface area contributed by atoms with Crippen molar-refractivity contribution in [2.24, 2.45) is 0 Å². The normalized spacial score (nSPS) is 22.9. The van der Waals surface area contributed by atoms with Crippen LogP contribution in [0.15, 0.2) is 24.5 Å². The largest absolute Gasteiger partial charge is 0.479 e. The van der Waals surface area contributed by atoms with E-state index >= 15 is 4.39 Å². The van der Waals surface area contributed by atoms with E-state index in [0.717, 1.165) is 23.0 Å². The molecule has 0 saturated carbocycles. The van der Waals surface area contributed by atoms with Crippen molar-refractivity contribution in [1.82, 2.24) is 19.5 Å². The predicted molar refractivity (Wildman–Crippen MR) is 123 cm³/mol. The quantitative estimate of drug-likeness (QED) is 0.233. The molecule has 0 unspecified atom stereocenters. The number of aliphatic hydroxyl groups excluding tert-OH is 1. The molecular formula is C21H19Cl2F2N5O7. The number of carboxylic acid groups (broad SMARTS) is 2. The van der Waals surface area contributed by atoms with Gasteiger partial charge in [-0.15, -0.1) is 0 Å². The second-order valence-electron chi connectivity index (χ2n) is 8.30. The molecule has 1 aliphatic heterocycles. The molecule has 5 atom stereocenters. The van der Waals surface area contributed by atoms with Crippen LogP contribution < -0.4 is 5.73 Å². The van der Waals surface area contributed by atoms with E-state index in [4.69, 9.17) is 38.4 Å². The lowest BCUT2D eigenvalue weighted by atomic mass is 9.93. The smallest absolute Gasteiger partial charge is 0.348 e. The number of imidazole rings is 1. The molecule has 198 valence electrons.